The van der Waals surface area contributed by atoms with Gasteiger partial charge in [-0.15, -0.1) is 0 Å². The molecule has 0 spiro atoms. The monoisotopic (exact) mass is 477 g/mol. The van der Waals surface area contributed by atoms with Crippen LogP contribution in [0.3, 0.4) is 0 Å². The van der Waals surface area contributed by atoms with Crippen LogP contribution in [0.15, 0.2) is 48.5 Å². The van der Waals surface area contributed by atoms with Crippen molar-refractivity contribution in [3.63, 3.8) is 0 Å². The third-order valence-corrected chi connectivity index (χ3v) is 7.41. The smallest absolute Gasteiger partial charge is 0.273 e. The molecule has 0 radical (unpaired) electrons. The Labute approximate surface area is 200 Å². The molecule has 2 aliphatic carbocycles. The molecule has 3 aliphatic rings. The van der Waals surface area contributed by atoms with Gasteiger partial charge in [-0.25, -0.2) is 5.01 Å². The van der Waals surface area contributed by atoms with E-state index in [1.807, 2.05) is 0 Å². The Bertz CT molecular complexity index is 1200. The number of ether oxygens (including phenoxy) is 1. The minimum Gasteiger partial charge on any atom is -0.497 e. The normalized spacial score (nSPS) is 24.4. The van der Waals surface area contributed by atoms with Gasteiger partial charge in [0.15, 0.2) is 5.78 Å². The van der Waals surface area contributed by atoms with Crippen LogP contribution in [0.5, 0.6) is 5.75 Å². The standard InChI is InChI=1S/C25H23N3O7/c1-35-19-10-6-14(7-11-19)20(29)13-26(23(30)15-4-8-18(9-5-15)28(33)34)27-24(31)21-16-2-3-17(12-16)22(21)25(27)32/h4-11,16-17,21-22H,2-3,12-13H2,1H3/t16-,17-,21-,22+/m0/s1. The van der Waals surface area contributed by atoms with Gasteiger partial charge in [0.05, 0.1) is 23.9 Å². The topological polar surface area (TPSA) is 127 Å². The van der Waals surface area contributed by atoms with Gasteiger partial charge in [-0.2, -0.15) is 5.01 Å². The molecule has 2 saturated carbocycles. The van der Waals surface area contributed by atoms with E-state index in [1.54, 1.807) is 12.1 Å². The maximum atomic E-state index is 13.5. The van der Waals surface area contributed by atoms with Crippen molar-refractivity contribution < 1.29 is 28.8 Å². The Kier molecular flexibility index (Phi) is 5.58. The molecule has 4 atom stereocenters. The number of carbonyl (C=O) groups excluding carboxylic acids is 4. The number of rotatable bonds is 7. The summed E-state index contributed by atoms with van der Waals surface area (Å²) in [4.78, 5) is 63.8. The largest absolute Gasteiger partial charge is 0.497 e. The quantitative estimate of drug-likeness (QED) is 0.260. The van der Waals surface area contributed by atoms with Crippen LogP contribution in [0, 0.1) is 33.8 Å². The fourth-order valence-corrected chi connectivity index (χ4v) is 5.74. The lowest BCUT2D eigenvalue weighted by molar-refractivity contribution is -0.384. The first-order valence-electron chi connectivity index (χ1n) is 11.4. The van der Waals surface area contributed by atoms with Gasteiger partial charge in [0.25, 0.3) is 23.4 Å². The number of imide groups is 1. The van der Waals surface area contributed by atoms with E-state index in [0.717, 1.165) is 29.3 Å². The van der Waals surface area contributed by atoms with E-state index in [0.29, 0.717) is 5.75 Å². The van der Waals surface area contributed by atoms with Gasteiger partial charge < -0.3 is 4.74 Å². The fraction of sp³-hybridized carbons (Fsp3) is 0.360. The SMILES string of the molecule is COc1ccc(C(=O)CN(C(=O)c2ccc([N+](=O)[O-])cc2)N2C(=O)[C@@H]3[C@H]4CC[C@@H](C4)[C@@H]3C2=O)cc1. The maximum Gasteiger partial charge on any atom is 0.273 e. The van der Waals surface area contributed by atoms with Crippen molar-refractivity contribution in [2.24, 2.45) is 23.7 Å². The van der Waals surface area contributed by atoms with Crippen LogP contribution in [0.2, 0.25) is 0 Å². The molecule has 2 aromatic carbocycles. The highest BCUT2D eigenvalue weighted by atomic mass is 16.6. The van der Waals surface area contributed by atoms with Gasteiger partial charge >= 0.3 is 0 Å². The van der Waals surface area contributed by atoms with Crippen LogP contribution in [0.4, 0.5) is 5.69 Å². The summed E-state index contributed by atoms with van der Waals surface area (Å²) < 4.78 is 5.11. The molecular weight excluding hydrogens is 454 g/mol. The molecule has 1 saturated heterocycles. The molecule has 0 aromatic heterocycles. The predicted octanol–water partition coefficient (Wildman–Crippen LogP) is 2.87. The molecule has 0 N–H and O–H groups in total. The highest BCUT2D eigenvalue weighted by Crippen LogP contribution is 2.56. The number of fused-ring (bicyclic) bond motifs is 5. The molecule has 1 heterocycles. The summed E-state index contributed by atoms with van der Waals surface area (Å²) >= 11 is 0. The summed E-state index contributed by atoms with van der Waals surface area (Å²) in [6.07, 6.45) is 2.58. The van der Waals surface area contributed by atoms with Crippen molar-refractivity contribution in [1.82, 2.24) is 10.0 Å². The Balaban J connectivity index is 1.48. The molecule has 3 amide bonds. The number of hydrogen-bond acceptors (Lipinski definition) is 7. The summed E-state index contributed by atoms with van der Waals surface area (Å²) in [7, 11) is 1.50. The third-order valence-electron chi connectivity index (χ3n) is 7.41. The maximum absolute atomic E-state index is 13.5. The van der Waals surface area contributed by atoms with Gasteiger partial charge in [-0.3, -0.25) is 29.3 Å². The van der Waals surface area contributed by atoms with Crippen LogP contribution < -0.4 is 4.74 Å². The minimum absolute atomic E-state index is 0.0266. The molecule has 2 aromatic rings. The lowest BCUT2D eigenvalue weighted by Crippen LogP contribution is -2.52. The van der Waals surface area contributed by atoms with E-state index in [4.69, 9.17) is 4.74 Å². The molecule has 35 heavy (non-hydrogen) atoms. The van der Waals surface area contributed by atoms with Crippen molar-refractivity contribution in [1.29, 1.82) is 0 Å². The average molecular weight is 477 g/mol. The number of methoxy groups -OCH3 is 1. The van der Waals surface area contributed by atoms with E-state index in [2.05, 4.69) is 0 Å². The van der Waals surface area contributed by atoms with Crippen LogP contribution in [0.1, 0.15) is 40.0 Å². The fourth-order valence-electron chi connectivity index (χ4n) is 5.74. The number of amides is 3. The van der Waals surface area contributed by atoms with Crippen LogP contribution >= 0.6 is 0 Å². The van der Waals surface area contributed by atoms with E-state index < -0.39 is 46.8 Å². The average Bonchev–Trinajstić information content (AvgIpc) is 3.56. The third kappa shape index (κ3) is 3.74. The number of hydrazine groups is 1. The number of ketones is 1. The second-order valence-electron chi connectivity index (χ2n) is 9.19. The van der Waals surface area contributed by atoms with Crippen molar-refractivity contribution in [2.45, 2.75) is 19.3 Å². The molecule has 10 nitrogen and oxygen atoms in total. The summed E-state index contributed by atoms with van der Waals surface area (Å²) in [5.74, 6) is -2.29. The zero-order chi connectivity index (χ0) is 24.9. The van der Waals surface area contributed by atoms with Gasteiger partial charge in [0.2, 0.25) is 0 Å². The van der Waals surface area contributed by atoms with Crippen LogP contribution in [-0.4, -0.2) is 52.1 Å². The summed E-state index contributed by atoms with van der Waals surface area (Å²) in [5, 5.41) is 12.7. The molecular formula is C25H23N3O7. The number of nitro benzene ring substituents is 1. The zero-order valence-corrected chi connectivity index (χ0v) is 19.0. The molecule has 2 bridgehead atoms. The minimum atomic E-state index is -0.754. The second-order valence-corrected chi connectivity index (χ2v) is 9.19. The number of nitrogens with zero attached hydrogens (tertiary/aromatic N) is 3. The molecule has 1 aliphatic heterocycles. The lowest BCUT2D eigenvalue weighted by atomic mass is 9.81. The van der Waals surface area contributed by atoms with E-state index >= 15 is 0 Å². The summed E-state index contributed by atoms with van der Waals surface area (Å²) in [6, 6.07) is 11.1. The van der Waals surface area contributed by atoms with Crippen LogP contribution in [0.25, 0.3) is 0 Å². The number of Topliss-reactive ketones (excluding diaryl/α,β-unsaturated/α-hetero) is 1. The second kappa shape index (κ2) is 8.61. The highest BCUT2D eigenvalue weighted by molar-refractivity contribution is 6.10. The van der Waals surface area contributed by atoms with Gasteiger partial charge in [0, 0.05) is 23.3 Å². The number of non-ortho nitro benzene ring substituents is 1. The lowest BCUT2D eigenvalue weighted by Gasteiger charge is -2.30. The molecule has 180 valence electrons. The first-order chi connectivity index (χ1) is 16.8. The summed E-state index contributed by atoms with van der Waals surface area (Å²) in [5.41, 5.74) is 0.104. The Morgan fingerprint density at radius 2 is 1.51 bits per heavy atom. The molecule has 10 heteroatoms. The zero-order valence-electron chi connectivity index (χ0n) is 19.0. The highest BCUT2D eigenvalue weighted by Gasteiger charge is 2.62. The Morgan fingerprint density at radius 3 is 2.03 bits per heavy atom. The van der Waals surface area contributed by atoms with Gasteiger partial charge in [-0.1, -0.05) is 0 Å². The van der Waals surface area contributed by atoms with E-state index in [-0.39, 0.29) is 28.7 Å². The Hall–Kier alpha value is -4.08. The molecule has 3 fully saturated rings. The molecule has 0 unspecified atom stereocenters. The van der Waals surface area contributed by atoms with Crippen molar-refractivity contribution in [2.75, 3.05) is 13.7 Å². The first-order valence-corrected chi connectivity index (χ1v) is 11.4. The summed E-state index contributed by atoms with van der Waals surface area (Å²) in [6.45, 7) is -0.533. The van der Waals surface area contributed by atoms with Gasteiger partial charge in [-0.05, 0) is 67.5 Å². The molecule has 5 rings (SSSR count). The number of nitro groups is 1. The number of hydrogen-bond donors (Lipinski definition) is 0. The van der Waals surface area contributed by atoms with Crippen molar-refractivity contribution in [3.05, 3.63) is 69.8 Å². The number of benzene rings is 2. The van der Waals surface area contributed by atoms with Crippen LogP contribution in [-0.2, 0) is 9.59 Å². The van der Waals surface area contributed by atoms with E-state index in [9.17, 15) is 29.3 Å². The van der Waals surface area contributed by atoms with Crippen molar-refractivity contribution >= 4 is 29.2 Å². The predicted molar refractivity (Wildman–Crippen MR) is 121 cm³/mol. The Morgan fingerprint density at radius 1 is 0.971 bits per heavy atom. The first kappa shape index (κ1) is 22.7. The number of carbonyl (C=O) groups is 4. The van der Waals surface area contributed by atoms with Crippen molar-refractivity contribution in [3.8, 4) is 5.75 Å². The van der Waals surface area contributed by atoms with E-state index in [1.165, 1.54) is 43.5 Å². The van der Waals surface area contributed by atoms with Gasteiger partial charge in [0.1, 0.15) is 12.3 Å².